The summed E-state index contributed by atoms with van der Waals surface area (Å²) in [5.41, 5.74) is 2.03. The molecule has 0 bridgehead atoms. The lowest BCUT2D eigenvalue weighted by Gasteiger charge is -2.05. The third-order valence-corrected chi connectivity index (χ3v) is 6.52. The monoisotopic (exact) mass is 422 g/mol. The van der Waals surface area contributed by atoms with E-state index >= 15 is 0 Å². The Morgan fingerprint density at radius 2 is 1.93 bits per heavy atom. The lowest BCUT2D eigenvalue weighted by atomic mass is 10.1. The number of carbonyl (C=O) groups excluding carboxylic acids is 1. The standard InChI is InChI=1S/C17H15ClN4O3S2/c1-11-5-4-7-12(9-11)15(23)20-16-21-22-17(26-16)27(24,25)19-10-13-6-2-3-8-14(13)18/h2-9,19H,10H2,1H3,(H,20,21,23). The first kappa shape index (κ1) is 19.4. The molecule has 10 heteroatoms. The van der Waals surface area contributed by atoms with Crippen LogP contribution < -0.4 is 10.0 Å². The van der Waals surface area contributed by atoms with E-state index in [-0.39, 0.29) is 21.9 Å². The van der Waals surface area contributed by atoms with E-state index in [9.17, 15) is 13.2 Å². The summed E-state index contributed by atoms with van der Waals surface area (Å²) in [6, 6.07) is 13.9. The highest BCUT2D eigenvalue weighted by atomic mass is 35.5. The number of aromatic nitrogens is 2. The van der Waals surface area contributed by atoms with E-state index in [1.165, 1.54) is 0 Å². The van der Waals surface area contributed by atoms with Crippen LogP contribution in [-0.2, 0) is 16.6 Å². The summed E-state index contributed by atoms with van der Waals surface area (Å²) in [4.78, 5) is 12.2. The van der Waals surface area contributed by atoms with Gasteiger partial charge in [-0.15, -0.1) is 10.2 Å². The number of carbonyl (C=O) groups is 1. The van der Waals surface area contributed by atoms with Crippen molar-refractivity contribution >= 4 is 44.0 Å². The first-order valence-corrected chi connectivity index (χ1v) is 10.5. The van der Waals surface area contributed by atoms with E-state index in [0.29, 0.717) is 16.1 Å². The van der Waals surface area contributed by atoms with Crippen LogP contribution in [0.3, 0.4) is 0 Å². The topological polar surface area (TPSA) is 101 Å². The van der Waals surface area contributed by atoms with Crippen LogP contribution in [0.4, 0.5) is 5.13 Å². The predicted molar refractivity (Wildman–Crippen MR) is 105 cm³/mol. The van der Waals surface area contributed by atoms with Gasteiger partial charge in [0, 0.05) is 17.1 Å². The maximum atomic E-state index is 12.4. The molecule has 0 saturated heterocycles. The summed E-state index contributed by atoms with van der Waals surface area (Å²) >= 11 is 6.79. The van der Waals surface area contributed by atoms with Crippen LogP contribution >= 0.6 is 22.9 Å². The van der Waals surface area contributed by atoms with Crippen molar-refractivity contribution in [2.24, 2.45) is 0 Å². The molecule has 140 valence electrons. The van der Waals surface area contributed by atoms with Crippen molar-refractivity contribution < 1.29 is 13.2 Å². The fourth-order valence-corrected chi connectivity index (χ4v) is 4.35. The highest BCUT2D eigenvalue weighted by molar-refractivity contribution is 7.91. The van der Waals surface area contributed by atoms with Crippen molar-refractivity contribution in [3.05, 3.63) is 70.2 Å². The molecule has 0 spiro atoms. The molecular weight excluding hydrogens is 408 g/mol. The Balaban J connectivity index is 1.69. The number of halogens is 1. The smallest absolute Gasteiger partial charge is 0.270 e. The van der Waals surface area contributed by atoms with Crippen molar-refractivity contribution in [3.63, 3.8) is 0 Å². The van der Waals surface area contributed by atoms with Crippen LogP contribution in [0.2, 0.25) is 5.02 Å². The van der Waals surface area contributed by atoms with Crippen molar-refractivity contribution in [1.29, 1.82) is 0 Å². The zero-order valence-corrected chi connectivity index (χ0v) is 16.5. The summed E-state index contributed by atoms with van der Waals surface area (Å²) in [6.07, 6.45) is 0. The Bertz CT molecular complexity index is 1080. The molecule has 7 nitrogen and oxygen atoms in total. The van der Waals surface area contributed by atoms with Gasteiger partial charge < -0.3 is 0 Å². The second kappa shape index (κ2) is 8.13. The average molecular weight is 423 g/mol. The average Bonchev–Trinajstić information content (AvgIpc) is 3.10. The Morgan fingerprint density at radius 3 is 2.67 bits per heavy atom. The van der Waals surface area contributed by atoms with E-state index in [1.807, 2.05) is 13.0 Å². The summed E-state index contributed by atoms with van der Waals surface area (Å²) < 4.78 is 26.9. The number of nitrogens with zero attached hydrogens (tertiary/aromatic N) is 2. The molecule has 0 unspecified atom stereocenters. The highest BCUT2D eigenvalue weighted by Gasteiger charge is 2.21. The van der Waals surface area contributed by atoms with Crippen molar-refractivity contribution in [2.45, 2.75) is 17.8 Å². The molecule has 1 amide bonds. The fourth-order valence-electron chi connectivity index (χ4n) is 2.20. The molecule has 27 heavy (non-hydrogen) atoms. The van der Waals surface area contributed by atoms with Gasteiger partial charge in [0.15, 0.2) is 0 Å². The van der Waals surface area contributed by atoms with Crippen molar-refractivity contribution in [2.75, 3.05) is 5.32 Å². The number of sulfonamides is 1. The second-order valence-corrected chi connectivity index (χ2v) is 8.94. The van der Waals surface area contributed by atoms with Gasteiger partial charge in [0.2, 0.25) is 9.47 Å². The second-order valence-electron chi connectivity index (χ2n) is 5.61. The quantitative estimate of drug-likeness (QED) is 0.594. The maximum absolute atomic E-state index is 12.4. The van der Waals surface area contributed by atoms with Crippen LogP contribution in [0.5, 0.6) is 0 Å². The van der Waals surface area contributed by atoms with E-state index in [2.05, 4.69) is 20.2 Å². The largest absolute Gasteiger partial charge is 0.296 e. The minimum Gasteiger partial charge on any atom is -0.296 e. The summed E-state index contributed by atoms with van der Waals surface area (Å²) in [5.74, 6) is -0.386. The summed E-state index contributed by atoms with van der Waals surface area (Å²) in [5, 5.41) is 10.5. The molecule has 3 rings (SSSR count). The van der Waals surface area contributed by atoms with Gasteiger partial charge in [0.1, 0.15) is 0 Å². The number of hydrogen-bond donors (Lipinski definition) is 2. The number of hydrogen-bond acceptors (Lipinski definition) is 6. The van der Waals surface area contributed by atoms with Crippen molar-refractivity contribution in [3.8, 4) is 0 Å². The minimum atomic E-state index is -3.88. The zero-order chi connectivity index (χ0) is 19.4. The SMILES string of the molecule is Cc1cccc(C(=O)Nc2nnc(S(=O)(=O)NCc3ccccc3Cl)s2)c1. The molecular formula is C17H15ClN4O3S2. The van der Waals surface area contributed by atoms with Gasteiger partial charge in [0.05, 0.1) is 0 Å². The summed E-state index contributed by atoms with van der Waals surface area (Å²) in [7, 11) is -3.88. The predicted octanol–water partition coefficient (Wildman–Crippen LogP) is 3.23. The number of rotatable bonds is 6. The molecule has 0 aliphatic carbocycles. The molecule has 1 aromatic heterocycles. The number of anilines is 1. The zero-order valence-electron chi connectivity index (χ0n) is 14.1. The molecule has 0 fully saturated rings. The lowest BCUT2D eigenvalue weighted by Crippen LogP contribution is -2.23. The molecule has 0 atom stereocenters. The molecule has 0 saturated carbocycles. The molecule has 0 radical (unpaired) electrons. The van der Waals surface area contributed by atoms with Crippen LogP contribution in [0.15, 0.2) is 52.9 Å². The number of nitrogens with one attached hydrogen (secondary N) is 2. The lowest BCUT2D eigenvalue weighted by molar-refractivity contribution is 0.102. The van der Waals surface area contributed by atoms with Crippen LogP contribution in [0.25, 0.3) is 0 Å². The first-order chi connectivity index (χ1) is 12.8. The van der Waals surface area contributed by atoms with Gasteiger partial charge in [-0.3, -0.25) is 10.1 Å². The van der Waals surface area contributed by atoms with Gasteiger partial charge in [-0.1, -0.05) is 58.8 Å². The van der Waals surface area contributed by atoms with Gasteiger partial charge >= 0.3 is 0 Å². The van der Waals surface area contributed by atoms with Gasteiger partial charge in [-0.05, 0) is 30.7 Å². The molecule has 2 N–H and O–H groups in total. The van der Waals surface area contributed by atoms with E-state index in [1.54, 1.807) is 42.5 Å². The van der Waals surface area contributed by atoms with Crippen LogP contribution in [0, 0.1) is 6.92 Å². The number of amides is 1. The maximum Gasteiger partial charge on any atom is 0.270 e. The molecule has 3 aromatic rings. The molecule has 2 aromatic carbocycles. The van der Waals surface area contributed by atoms with Gasteiger partial charge in [0.25, 0.3) is 15.9 Å². The van der Waals surface area contributed by atoms with Gasteiger partial charge in [-0.25, -0.2) is 13.1 Å². The molecule has 1 heterocycles. The normalized spacial score (nSPS) is 11.3. The Morgan fingerprint density at radius 1 is 1.15 bits per heavy atom. The van der Waals surface area contributed by atoms with E-state index in [4.69, 9.17) is 11.6 Å². The van der Waals surface area contributed by atoms with E-state index < -0.39 is 10.0 Å². The van der Waals surface area contributed by atoms with Crippen molar-refractivity contribution in [1.82, 2.24) is 14.9 Å². The van der Waals surface area contributed by atoms with Gasteiger partial charge in [-0.2, -0.15) is 0 Å². The number of aryl methyl sites for hydroxylation is 1. The Hall–Kier alpha value is -2.33. The minimum absolute atomic E-state index is 0.0204. The van der Waals surface area contributed by atoms with E-state index in [0.717, 1.165) is 16.9 Å². The molecule has 0 aliphatic rings. The van der Waals surface area contributed by atoms with Crippen LogP contribution in [-0.4, -0.2) is 24.5 Å². The van der Waals surface area contributed by atoms with Crippen LogP contribution in [0.1, 0.15) is 21.5 Å². The highest BCUT2D eigenvalue weighted by Crippen LogP contribution is 2.21. The Labute approximate surface area is 165 Å². The first-order valence-electron chi connectivity index (χ1n) is 7.80. The molecule has 0 aliphatic heterocycles. The fraction of sp³-hybridized carbons (Fsp3) is 0.118. The third-order valence-electron chi connectivity index (χ3n) is 3.55. The Kier molecular flexibility index (Phi) is 5.85. The summed E-state index contributed by atoms with van der Waals surface area (Å²) in [6.45, 7) is 1.89. The third kappa shape index (κ3) is 4.89. The number of benzene rings is 2.